The van der Waals surface area contributed by atoms with Crippen LogP contribution in [0.25, 0.3) is 33.0 Å². The summed E-state index contributed by atoms with van der Waals surface area (Å²) in [6, 6.07) is 103. The molecule has 0 amide bonds. The molecule has 2 aliphatic rings. The van der Waals surface area contributed by atoms with Crippen LogP contribution in [0.15, 0.2) is 283 Å². The number of hydrogen-bond donors (Lipinski definition) is 0. The maximum absolute atomic E-state index is 3.10. The Kier molecular flexibility index (Phi) is 9.74. The van der Waals surface area contributed by atoms with E-state index in [2.05, 4.69) is 278 Å². The standard InChI is InChI=1S/C65H45NSSi/c1-4-21-47(22-5-1)55-30-12-16-35-60(55)66(49-41-39-48(40-42-49)54-31-20-24-46-23-10-11-29-53(46)54)50-43-44-59-64(45-50)68(51-25-6-2-7-26-51,52-27-8-3-9-28-52)63-38-19-15-34-58(63)65(59)56-32-13-17-36-61(56)67-62-37-18-14-33-57(62)65/h1-45H. The Morgan fingerprint density at radius 1 is 0.338 bits per heavy atom. The third-order valence-corrected chi connectivity index (χ3v) is 20.5. The summed E-state index contributed by atoms with van der Waals surface area (Å²) in [6.45, 7) is 0. The minimum atomic E-state index is -3.10. The second-order valence-corrected chi connectivity index (χ2v) is 22.7. The lowest BCUT2D eigenvalue weighted by molar-refractivity contribution is 0.707. The van der Waals surface area contributed by atoms with E-state index < -0.39 is 13.5 Å². The Labute approximate surface area is 403 Å². The molecule has 3 heteroatoms. The average Bonchev–Trinajstić information content (AvgIpc) is 3.42. The van der Waals surface area contributed by atoms with Crippen LogP contribution >= 0.6 is 11.8 Å². The van der Waals surface area contributed by atoms with Gasteiger partial charge in [0.15, 0.2) is 8.07 Å². The SMILES string of the molecule is c1ccc(-c2ccccc2N(c2ccc(-c3cccc4ccccc34)cc2)c2ccc3c(c2)[Si](c2ccccc2)(c2ccccc2)c2ccccc2C32c3ccccc3Sc3ccccc32)cc1. The van der Waals surface area contributed by atoms with Gasteiger partial charge in [-0.05, 0) is 113 Å². The smallest absolute Gasteiger partial charge is 0.180 e. The Morgan fingerprint density at radius 3 is 1.54 bits per heavy atom. The van der Waals surface area contributed by atoms with Gasteiger partial charge in [-0.25, -0.2) is 0 Å². The summed E-state index contributed by atoms with van der Waals surface area (Å²) >= 11 is 1.90. The zero-order valence-electron chi connectivity index (χ0n) is 37.3. The van der Waals surface area contributed by atoms with Crippen LogP contribution in [0.5, 0.6) is 0 Å². The van der Waals surface area contributed by atoms with E-state index in [4.69, 9.17) is 0 Å². The molecule has 0 aliphatic carbocycles. The first kappa shape index (κ1) is 40.3. The van der Waals surface area contributed by atoms with Gasteiger partial charge in [-0.3, -0.25) is 0 Å². The number of nitrogens with zero attached hydrogens (tertiary/aromatic N) is 1. The van der Waals surface area contributed by atoms with Crippen molar-refractivity contribution in [3.63, 3.8) is 0 Å². The van der Waals surface area contributed by atoms with Gasteiger partial charge in [0, 0.05) is 26.7 Å². The van der Waals surface area contributed by atoms with E-state index in [1.807, 2.05) is 11.8 Å². The zero-order valence-corrected chi connectivity index (χ0v) is 39.2. The summed E-state index contributed by atoms with van der Waals surface area (Å²) in [6.07, 6.45) is 0. The molecule has 68 heavy (non-hydrogen) atoms. The Hall–Kier alpha value is -7.95. The maximum atomic E-state index is 2.60. The van der Waals surface area contributed by atoms with Crippen molar-refractivity contribution in [2.24, 2.45) is 0 Å². The summed E-state index contributed by atoms with van der Waals surface area (Å²) < 4.78 is 0. The third kappa shape index (κ3) is 6.10. The van der Waals surface area contributed by atoms with Gasteiger partial charge in [-0.15, -0.1) is 0 Å². The Balaban J connectivity index is 1.14. The monoisotopic (exact) mass is 899 g/mol. The van der Waals surface area contributed by atoms with Crippen LogP contribution in [-0.4, -0.2) is 8.07 Å². The predicted octanol–water partition coefficient (Wildman–Crippen LogP) is 14.2. The molecule has 0 atom stereocenters. The van der Waals surface area contributed by atoms with Gasteiger partial charge in [-0.2, -0.15) is 0 Å². The highest BCUT2D eigenvalue weighted by molar-refractivity contribution is 7.99. The molecule has 11 aromatic carbocycles. The van der Waals surface area contributed by atoms with Gasteiger partial charge in [0.1, 0.15) is 0 Å². The number of para-hydroxylation sites is 1. The number of rotatable bonds is 7. The topological polar surface area (TPSA) is 3.24 Å². The fraction of sp³-hybridized carbons (Fsp3) is 0.0154. The van der Waals surface area contributed by atoms with Crippen LogP contribution < -0.4 is 25.6 Å². The maximum Gasteiger partial charge on any atom is 0.180 e. The van der Waals surface area contributed by atoms with E-state index in [1.165, 1.54) is 85.8 Å². The van der Waals surface area contributed by atoms with E-state index in [0.717, 1.165) is 17.1 Å². The first-order valence-corrected chi connectivity index (χ1v) is 26.3. The second-order valence-electron chi connectivity index (χ2n) is 17.9. The molecule has 2 aliphatic heterocycles. The predicted molar refractivity (Wildman–Crippen MR) is 289 cm³/mol. The molecule has 0 aromatic heterocycles. The third-order valence-electron chi connectivity index (χ3n) is 14.5. The minimum Gasteiger partial charge on any atom is -0.310 e. The van der Waals surface area contributed by atoms with Crippen molar-refractivity contribution in [1.29, 1.82) is 0 Å². The van der Waals surface area contributed by atoms with Crippen LogP contribution in [0.4, 0.5) is 17.1 Å². The van der Waals surface area contributed by atoms with Crippen LogP contribution in [0.3, 0.4) is 0 Å². The highest BCUT2D eigenvalue weighted by Gasteiger charge is 2.57. The molecule has 0 N–H and O–H groups in total. The van der Waals surface area contributed by atoms with Crippen LogP contribution in [-0.2, 0) is 5.41 Å². The van der Waals surface area contributed by atoms with Crippen molar-refractivity contribution in [3.8, 4) is 22.3 Å². The van der Waals surface area contributed by atoms with Crippen molar-refractivity contribution in [2.45, 2.75) is 15.2 Å². The van der Waals surface area contributed by atoms with Gasteiger partial charge >= 0.3 is 0 Å². The van der Waals surface area contributed by atoms with Crippen molar-refractivity contribution >= 4 is 68.4 Å². The van der Waals surface area contributed by atoms with E-state index in [-0.39, 0.29) is 0 Å². The number of benzene rings is 11. The molecule has 0 unspecified atom stereocenters. The molecule has 0 saturated carbocycles. The lowest BCUT2D eigenvalue weighted by Gasteiger charge is -2.52. The largest absolute Gasteiger partial charge is 0.310 e. The molecule has 11 aromatic rings. The van der Waals surface area contributed by atoms with Crippen LogP contribution in [0.1, 0.15) is 22.3 Å². The van der Waals surface area contributed by atoms with Gasteiger partial charge in [0.25, 0.3) is 0 Å². The van der Waals surface area contributed by atoms with E-state index in [0.29, 0.717) is 0 Å². The first-order valence-electron chi connectivity index (χ1n) is 23.5. The highest BCUT2D eigenvalue weighted by atomic mass is 32.2. The van der Waals surface area contributed by atoms with E-state index in [9.17, 15) is 0 Å². The molecule has 0 bridgehead atoms. The quantitative estimate of drug-likeness (QED) is 0.147. The first-order chi connectivity index (χ1) is 33.7. The average molecular weight is 900 g/mol. The molecular formula is C65H45NSSi. The van der Waals surface area contributed by atoms with Crippen molar-refractivity contribution < 1.29 is 0 Å². The zero-order chi connectivity index (χ0) is 45.1. The van der Waals surface area contributed by atoms with E-state index >= 15 is 0 Å². The van der Waals surface area contributed by atoms with Crippen molar-refractivity contribution in [3.05, 3.63) is 295 Å². The van der Waals surface area contributed by atoms with Gasteiger partial charge < -0.3 is 4.90 Å². The van der Waals surface area contributed by atoms with E-state index in [1.54, 1.807) is 0 Å². The lowest BCUT2D eigenvalue weighted by atomic mass is 9.64. The summed E-state index contributed by atoms with van der Waals surface area (Å²) in [5, 5.41) is 8.06. The van der Waals surface area contributed by atoms with Gasteiger partial charge in [-0.1, -0.05) is 242 Å². The van der Waals surface area contributed by atoms with Crippen LogP contribution in [0, 0.1) is 0 Å². The summed E-state index contributed by atoms with van der Waals surface area (Å²) in [5.74, 6) is 0. The summed E-state index contributed by atoms with van der Waals surface area (Å²) in [5.41, 5.74) is 12.9. The fourth-order valence-electron chi connectivity index (χ4n) is 11.7. The second kappa shape index (κ2) is 16.4. The van der Waals surface area contributed by atoms with Gasteiger partial charge in [0.05, 0.1) is 11.1 Å². The molecular weight excluding hydrogens is 855 g/mol. The molecule has 320 valence electrons. The number of hydrogen-bond acceptors (Lipinski definition) is 2. The van der Waals surface area contributed by atoms with Crippen molar-refractivity contribution in [2.75, 3.05) is 4.90 Å². The molecule has 2 heterocycles. The molecule has 1 nitrogen and oxygen atoms in total. The van der Waals surface area contributed by atoms with Gasteiger partial charge in [0.2, 0.25) is 0 Å². The Bertz CT molecular complexity index is 3570. The van der Waals surface area contributed by atoms with Crippen LogP contribution in [0.2, 0.25) is 0 Å². The lowest BCUT2D eigenvalue weighted by Crippen LogP contribution is -2.79. The number of anilines is 3. The molecule has 1 spiro atoms. The minimum absolute atomic E-state index is 0.574. The molecule has 13 rings (SSSR count). The summed E-state index contributed by atoms with van der Waals surface area (Å²) in [7, 11) is -3.10. The Morgan fingerprint density at radius 2 is 0.838 bits per heavy atom. The normalized spacial score (nSPS) is 13.8. The molecule has 0 radical (unpaired) electrons. The molecule has 0 fully saturated rings. The number of fused-ring (bicyclic) bond motifs is 9. The summed E-state index contributed by atoms with van der Waals surface area (Å²) in [4.78, 5) is 5.11. The van der Waals surface area contributed by atoms with Crippen molar-refractivity contribution in [1.82, 2.24) is 0 Å². The molecule has 0 saturated heterocycles. The fourth-order valence-corrected chi connectivity index (χ4v) is 18.2. The highest BCUT2D eigenvalue weighted by Crippen LogP contribution is 2.57.